The molecule has 10 aromatic rings. The highest BCUT2D eigenvalue weighted by molar-refractivity contribution is 7.25. The Morgan fingerprint density at radius 2 is 0.880 bits per heavy atom. The molecule has 50 heavy (non-hydrogen) atoms. The normalized spacial score (nSPS) is 11.6. The first-order valence-electron chi connectivity index (χ1n) is 16.6. The first-order valence-corrected chi connectivity index (χ1v) is 17.4. The zero-order valence-corrected chi connectivity index (χ0v) is 27.6. The van der Waals surface area contributed by atoms with E-state index in [2.05, 4.69) is 109 Å². The van der Waals surface area contributed by atoms with Crippen molar-refractivity contribution in [2.24, 2.45) is 0 Å². The lowest BCUT2D eigenvalue weighted by Crippen LogP contribution is -2.00. The topological polar surface area (TPSA) is 51.8 Å². The van der Waals surface area contributed by atoms with E-state index >= 15 is 0 Å². The minimum absolute atomic E-state index is 0.605. The van der Waals surface area contributed by atoms with Gasteiger partial charge in [0.25, 0.3) is 0 Å². The molecule has 0 spiro atoms. The molecule has 10 rings (SSSR count). The lowest BCUT2D eigenvalue weighted by Gasteiger charge is -2.09. The second kappa shape index (κ2) is 11.6. The van der Waals surface area contributed by atoms with Gasteiger partial charge in [-0.15, -0.1) is 11.3 Å². The van der Waals surface area contributed by atoms with Crippen LogP contribution in [-0.2, 0) is 0 Å². The van der Waals surface area contributed by atoms with Crippen LogP contribution in [0.4, 0.5) is 0 Å². The molecular formula is C45H27N3OS. The van der Waals surface area contributed by atoms with Gasteiger partial charge < -0.3 is 4.42 Å². The molecule has 0 amide bonds. The Bertz CT molecular complexity index is 2870. The van der Waals surface area contributed by atoms with E-state index in [0.717, 1.165) is 38.6 Å². The molecule has 3 heterocycles. The summed E-state index contributed by atoms with van der Waals surface area (Å²) < 4.78 is 8.70. The van der Waals surface area contributed by atoms with Gasteiger partial charge in [0.15, 0.2) is 17.5 Å². The van der Waals surface area contributed by atoms with Gasteiger partial charge in [0.05, 0.1) is 0 Å². The zero-order valence-electron chi connectivity index (χ0n) is 26.7. The maximum atomic E-state index is 6.22. The molecule has 4 nitrogen and oxygen atoms in total. The van der Waals surface area contributed by atoms with E-state index in [-0.39, 0.29) is 0 Å². The molecule has 0 radical (unpaired) electrons. The summed E-state index contributed by atoms with van der Waals surface area (Å²) in [5, 5.41) is 4.59. The summed E-state index contributed by atoms with van der Waals surface area (Å²) in [7, 11) is 0. The molecule has 0 saturated carbocycles. The van der Waals surface area contributed by atoms with Crippen molar-refractivity contribution in [1.82, 2.24) is 15.0 Å². The van der Waals surface area contributed by atoms with Crippen LogP contribution in [0.3, 0.4) is 0 Å². The van der Waals surface area contributed by atoms with Crippen molar-refractivity contribution in [1.29, 1.82) is 0 Å². The third-order valence-electron chi connectivity index (χ3n) is 9.34. The number of thiophene rings is 1. The Hall–Kier alpha value is -6.43. The third-order valence-corrected chi connectivity index (χ3v) is 10.5. The van der Waals surface area contributed by atoms with Crippen molar-refractivity contribution < 1.29 is 4.42 Å². The molecule has 0 aliphatic carbocycles. The molecular weight excluding hydrogens is 631 g/mol. The summed E-state index contributed by atoms with van der Waals surface area (Å²) in [6, 6.07) is 57.0. The number of furan rings is 1. The standard InChI is InChI=1S/C45H27N3OS/c1-3-10-28(11-4-1)30-14-9-15-31(24-30)32-18-22-37-38-25-33(20-23-41(38)50-42(37)27-32)44-46-43(29-12-5-2-6-13-29)47-45(48-44)34-19-21-36-35-16-7-8-17-39(35)49-40(36)26-34/h1-27H. The number of hydrogen-bond acceptors (Lipinski definition) is 5. The Morgan fingerprint density at radius 1 is 0.320 bits per heavy atom. The Kier molecular flexibility index (Phi) is 6.64. The van der Waals surface area contributed by atoms with Gasteiger partial charge in [-0.1, -0.05) is 115 Å². The quantitative estimate of drug-likeness (QED) is 0.185. The van der Waals surface area contributed by atoms with Gasteiger partial charge in [0.1, 0.15) is 11.2 Å². The Morgan fingerprint density at radius 3 is 1.68 bits per heavy atom. The molecule has 0 unspecified atom stereocenters. The maximum absolute atomic E-state index is 6.22. The van der Waals surface area contributed by atoms with Crippen LogP contribution in [0.5, 0.6) is 0 Å². The van der Waals surface area contributed by atoms with E-state index in [9.17, 15) is 0 Å². The first-order chi connectivity index (χ1) is 24.7. The second-order valence-corrected chi connectivity index (χ2v) is 13.5. The van der Waals surface area contributed by atoms with Gasteiger partial charge in [0.2, 0.25) is 0 Å². The summed E-state index contributed by atoms with van der Waals surface area (Å²) in [4.78, 5) is 15.0. The van der Waals surface area contributed by atoms with E-state index in [1.54, 1.807) is 0 Å². The predicted octanol–water partition coefficient (Wildman–Crippen LogP) is 12.5. The van der Waals surface area contributed by atoms with Crippen LogP contribution in [0.2, 0.25) is 0 Å². The van der Waals surface area contributed by atoms with Crippen molar-refractivity contribution in [3.63, 3.8) is 0 Å². The van der Waals surface area contributed by atoms with Crippen LogP contribution in [0.15, 0.2) is 168 Å². The number of para-hydroxylation sites is 1. The molecule has 0 bridgehead atoms. The average Bonchev–Trinajstić information content (AvgIpc) is 3.75. The lowest BCUT2D eigenvalue weighted by atomic mass is 9.98. The number of fused-ring (bicyclic) bond motifs is 6. The Balaban J connectivity index is 1.07. The predicted molar refractivity (Wildman–Crippen MR) is 207 cm³/mol. The summed E-state index contributed by atoms with van der Waals surface area (Å²) in [5.41, 5.74) is 9.29. The Labute approximate surface area is 292 Å². The lowest BCUT2D eigenvalue weighted by molar-refractivity contribution is 0.669. The first kappa shape index (κ1) is 28.6. The molecule has 234 valence electrons. The van der Waals surface area contributed by atoms with E-state index < -0.39 is 0 Å². The van der Waals surface area contributed by atoms with Gasteiger partial charge in [0, 0.05) is 47.6 Å². The summed E-state index contributed by atoms with van der Waals surface area (Å²) in [6.45, 7) is 0. The van der Waals surface area contributed by atoms with E-state index in [1.807, 2.05) is 65.9 Å². The number of aromatic nitrogens is 3. The number of hydrogen-bond donors (Lipinski definition) is 0. The SMILES string of the molecule is c1ccc(-c2cccc(-c3ccc4c(c3)sc3ccc(-c5nc(-c6ccccc6)nc(-c6ccc7c(c6)oc6ccccc67)n5)cc34)c2)cc1. The molecule has 0 fully saturated rings. The van der Waals surface area contributed by atoms with E-state index in [4.69, 9.17) is 19.4 Å². The van der Waals surface area contributed by atoms with Gasteiger partial charge in [-0.05, 0) is 70.8 Å². The molecule has 0 N–H and O–H groups in total. The summed E-state index contributed by atoms with van der Waals surface area (Å²) in [5.74, 6) is 1.87. The third kappa shape index (κ3) is 4.95. The summed E-state index contributed by atoms with van der Waals surface area (Å²) in [6.07, 6.45) is 0. The van der Waals surface area contributed by atoms with Gasteiger partial charge in [-0.2, -0.15) is 0 Å². The molecule has 5 heteroatoms. The van der Waals surface area contributed by atoms with Crippen molar-refractivity contribution >= 4 is 53.4 Å². The number of nitrogens with zero attached hydrogens (tertiary/aromatic N) is 3. The fourth-order valence-corrected chi connectivity index (χ4v) is 7.95. The van der Waals surface area contributed by atoms with Crippen LogP contribution in [0, 0.1) is 0 Å². The van der Waals surface area contributed by atoms with Gasteiger partial charge in [-0.3, -0.25) is 0 Å². The molecule has 0 saturated heterocycles. The van der Waals surface area contributed by atoms with Gasteiger partial charge in [-0.25, -0.2) is 15.0 Å². The monoisotopic (exact) mass is 657 g/mol. The largest absolute Gasteiger partial charge is 0.456 e. The molecule has 3 aromatic heterocycles. The summed E-state index contributed by atoms with van der Waals surface area (Å²) >= 11 is 1.81. The molecule has 0 atom stereocenters. The van der Waals surface area contributed by atoms with Crippen molar-refractivity contribution in [3.8, 4) is 56.4 Å². The second-order valence-electron chi connectivity index (χ2n) is 12.5. The van der Waals surface area contributed by atoms with Crippen LogP contribution >= 0.6 is 11.3 Å². The maximum Gasteiger partial charge on any atom is 0.164 e. The van der Waals surface area contributed by atoms with Crippen molar-refractivity contribution in [2.45, 2.75) is 0 Å². The minimum Gasteiger partial charge on any atom is -0.456 e. The molecule has 7 aromatic carbocycles. The fraction of sp³-hybridized carbons (Fsp3) is 0. The number of benzene rings is 7. The van der Waals surface area contributed by atoms with Crippen molar-refractivity contribution in [3.05, 3.63) is 164 Å². The van der Waals surface area contributed by atoms with Crippen molar-refractivity contribution in [2.75, 3.05) is 0 Å². The van der Waals surface area contributed by atoms with E-state index in [0.29, 0.717) is 17.5 Å². The van der Waals surface area contributed by atoms with Crippen LogP contribution in [0.1, 0.15) is 0 Å². The highest BCUT2D eigenvalue weighted by Crippen LogP contribution is 2.39. The van der Waals surface area contributed by atoms with E-state index in [1.165, 1.54) is 42.4 Å². The van der Waals surface area contributed by atoms with Crippen LogP contribution in [0.25, 0.3) is 98.5 Å². The smallest absolute Gasteiger partial charge is 0.164 e. The number of rotatable bonds is 5. The highest BCUT2D eigenvalue weighted by Gasteiger charge is 2.16. The average molecular weight is 658 g/mol. The minimum atomic E-state index is 0.605. The zero-order chi connectivity index (χ0) is 33.0. The van der Waals surface area contributed by atoms with Crippen LogP contribution < -0.4 is 0 Å². The highest BCUT2D eigenvalue weighted by atomic mass is 32.1. The van der Waals surface area contributed by atoms with Gasteiger partial charge >= 0.3 is 0 Å². The molecule has 0 aliphatic heterocycles. The fourth-order valence-electron chi connectivity index (χ4n) is 6.82. The molecule has 0 aliphatic rings. The van der Waals surface area contributed by atoms with Crippen LogP contribution in [-0.4, -0.2) is 15.0 Å².